The summed E-state index contributed by atoms with van der Waals surface area (Å²) in [6, 6.07) is 12.2. The van der Waals surface area contributed by atoms with Crippen molar-refractivity contribution in [3.63, 3.8) is 0 Å². The fourth-order valence-electron chi connectivity index (χ4n) is 3.10. The standard InChI is InChI=1S/C22H26N2O4S2/c1-13(2)16-5-7-17(8-6-16)23-21(25)14(3)12-30(27,28)18-9-10-20-19(11-18)24-22(26)15(4)29-20/h5-11,13-15H,12H2,1-4H3,(H,23,25)(H,24,26)/t14-,15+/m1/s1. The monoisotopic (exact) mass is 446 g/mol. The van der Waals surface area contributed by atoms with Crippen molar-refractivity contribution in [2.75, 3.05) is 16.4 Å². The van der Waals surface area contributed by atoms with Gasteiger partial charge in [-0.05, 0) is 48.7 Å². The first-order valence-electron chi connectivity index (χ1n) is 9.82. The Hall–Kier alpha value is -2.32. The first-order valence-corrected chi connectivity index (χ1v) is 12.3. The Balaban J connectivity index is 1.69. The maximum absolute atomic E-state index is 12.9. The van der Waals surface area contributed by atoms with Crippen LogP contribution in [0, 0.1) is 5.92 Å². The average molecular weight is 447 g/mol. The second kappa shape index (κ2) is 8.81. The van der Waals surface area contributed by atoms with Crippen molar-refractivity contribution < 1.29 is 18.0 Å². The predicted octanol–water partition coefficient (Wildman–Crippen LogP) is 4.29. The first-order chi connectivity index (χ1) is 14.1. The molecule has 30 heavy (non-hydrogen) atoms. The number of hydrogen-bond acceptors (Lipinski definition) is 5. The van der Waals surface area contributed by atoms with Gasteiger partial charge in [0.05, 0.1) is 21.6 Å². The van der Waals surface area contributed by atoms with Crippen LogP contribution in [-0.4, -0.2) is 31.2 Å². The van der Waals surface area contributed by atoms with Crippen molar-refractivity contribution in [1.82, 2.24) is 0 Å². The molecule has 1 aliphatic rings. The largest absolute Gasteiger partial charge is 0.326 e. The van der Waals surface area contributed by atoms with Crippen molar-refractivity contribution in [3.8, 4) is 0 Å². The lowest BCUT2D eigenvalue weighted by Gasteiger charge is -2.22. The summed E-state index contributed by atoms with van der Waals surface area (Å²) in [7, 11) is -3.70. The van der Waals surface area contributed by atoms with E-state index in [1.54, 1.807) is 19.9 Å². The van der Waals surface area contributed by atoms with Crippen LogP contribution in [0.15, 0.2) is 52.3 Å². The van der Waals surface area contributed by atoms with Crippen molar-refractivity contribution in [2.45, 2.75) is 48.7 Å². The number of amides is 2. The number of rotatable bonds is 6. The molecule has 2 aromatic rings. The van der Waals surface area contributed by atoms with Crippen molar-refractivity contribution >= 4 is 44.8 Å². The zero-order chi connectivity index (χ0) is 22.1. The van der Waals surface area contributed by atoms with E-state index in [4.69, 9.17) is 0 Å². The van der Waals surface area contributed by atoms with Gasteiger partial charge in [0.25, 0.3) is 0 Å². The van der Waals surface area contributed by atoms with E-state index >= 15 is 0 Å². The molecule has 1 aliphatic heterocycles. The molecule has 2 aromatic carbocycles. The van der Waals surface area contributed by atoms with Crippen LogP contribution in [0.25, 0.3) is 0 Å². The van der Waals surface area contributed by atoms with Gasteiger partial charge in [0.1, 0.15) is 0 Å². The van der Waals surface area contributed by atoms with E-state index < -0.39 is 15.8 Å². The van der Waals surface area contributed by atoms with Crippen molar-refractivity contribution in [3.05, 3.63) is 48.0 Å². The minimum absolute atomic E-state index is 0.0950. The Morgan fingerprint density at radius 1 is 1.13 bits per heavy atom. The van der Waals surface area contributed by atoms with Crippen LogP contribution in [0.3, 0.4) is 0 Å². The third-order valence-electron chi connectivity index (χ3n) is 5.00. The van der Waals surface area contributed by atoms with Gasteiger partial charge in [-0.1, -0.05) is 32.9 Å². The van der Waals surface area contributed by atoms with E-state index in [2.05, 4.69) is 24.5 Å². The molecule has 0 saturated heterocycles. The predicted molar refractivity (Wildman–Crippen MR) is 121 cm³/mol. The van der Waals surface area contributed by atoms with E-state index in [0.29, 0.717) is 17.3 Å². The molecular formula is C22H26N2O4S2. The maximum Gasteiger partial charge on any atom is 0.237 e. The SMILES string of the molecule is CC(C)c1ccc(NC(=O)[C@H](C)CS(=O)(=O)c2ccc3c(c2)NC(=O)[C@H](C)S3)cc1. The number of hydrogen-bond donors (Lipinski definition) is 2. The second-order valence-corrected chi connectivity index (χ2v) is 11.3. The fourth-order valence-corrected chi connectivity index (χ4v) is 5.60. The van der Waals surface area contributed by atoms with Gasteiger partial charge in [-0.15, -0.1) is 11.8 Å². The third-order valence-corrected chi connectivity index (χ3v) is 8.09. The van der Waals surface area contributed by atoms with E-state index in [1.165, 1.54) is 23.9 Å². The first kappa shape index (κ1) is 22.4. The quantitative estimate of drug-likeness (QED) is 0.691. The number of thioether (sulfide) groups is 1. The molecule has 1 heterocycles. The summed E-state index contributed by atoms with van der Waals surface area (Å²) < 4.78 is 25.7. The second-order valence-electron chi connectivity index (χ2n) is 7.86. The van der Waals surface area contributed by atoms with E-state index in [-0.39, 0.29) is 27.7 Å². The third kappa shape index (κ3) is 5.05. The molecule has 0 bridgehead atoms. The van der Waals surface area contributed by atoms with Crippen LogP contribution in [-0.2, 0) is 19.4 Å². The van der Waals surface area contributed by atoms with Crippen LogP contribution >= 0.6 is 11.8 Å². The number of fused-ring (bicyclic) bond motifs is 1. The Bertz CT molecular complexity index is 1060. The number of sulfone groups is 1. The summed E-state index contributed by atoms with van der Waals surface area (Å²) in [5, 5.41) is 5.29. The molecule has 0 saturated carbocycles. The number of carbonyl (C=O) groups is 2. The summed E-state index contributed by atoms with van der Waals surface area (Å²) in [5.74, 6) is -1.18. The summed E-state index contributed by atoms with van der Waals surface area (Å²) >= 11 is 1.39. The number of benzene rings is 2. The van der Waals surface area contributed by atoms with Gasteiger partial charge in [0, 0.05) is 16.5 Å². The minimum atomic E-state index is -3.70. The molecule has 0 unspecified atom stereocenters. The minimum Gasteiger partial charge on any atom is -0.326 e. The number of carbonyl (C=O) groups excluding carboxylic acids is 2. The molecule has 0 aliphatic carbocycles. The smallest absolute Gasteiger partial charge is 0.237 e. The molecular weight excluding hydrogens is 420 g/mol. The Labute approximate surface area is 181 Å². The molecule has 0 spiro atoms. The lowest BCUT2D eigenvalue weighted by molar-refractivity contribution is -0.119. The molecule has 6 nitrogen and oxygen atoms in total. The van der Waals surface area contributed by atoms with Gasteiger partial charge in [-0.25, -0.2) is 8.42 Å². The highest BCUT2D eigenvalue weighted by Crippen LogP contribution is 2.37. The van der Waals surface area contributed by atoms with Crippen LogP contribution in [0.4, 0.5) is 11.4 Å². The molecule has 0 fully saturated rings. The molecule has 0 radical (unpaired) electrons. The van der Waals surface area contributed by atoms with Gasteiger partial charge < -0.3 is 10.6 Å². The Morgan fingerprint density at radius 2 is 1.80 bits per heavy atom. The summed E-state index contributed by atoms with van der Waals surface area (Å²) in [5.41, 5.74) is 2.29. The van der Waals surface area contributed by atoms with Crippen LogP contribution < -0.4 is 10.6 Å². The van der Waals surface area contributed by atoms with Crippen LogP contribution in [0.5, 0.6) is 0 Å². The van der Waals surface area contributed by atoms with Gasteiger partial charge in [0.15, 0.2) is 9.84 Å². The maximum atomic E-state index is 12.9. The van der Waals surface area contributed by atoms with Crippen molar-refractivity contribution in [1.29, 1.82) is 0 Å². The lowest BCUT2D eigenvalue weighted by atomic mass is 10.0. The highest BCUT2D eigenvalue weighted by atomic mass is 32.2. The van der Waals surface area contributed by atoms with Crippen LogP contribution in [0.2, 0.25) is 0 Å². The van der Waals surface area contributed by atoms with Gasteiger partial charge >= 0.3 is 0 Å². The van der Waals surface area contributed by atoms with E-state index in [9.17, 15) is 18.0 Å². The van der Waals surface area contributed by atoms with Gasteiger partial charge in [-0.2, -0.15) is 0 Å². The van der Waals surface area contributed by atoms with E-state index in [0.717, 1.165) is 10.5 Å². The number of nitrogens with one attached hydrogen (secondary N) is 2. The van der Waals surface area contributed by atoms with E-state index in [1.807, 2.05) is 24.3 Å². The fraction of sp³-hybridized carbons (Fsp3) is 0.364. The average Bonchev–Trinajstić information content (AvgIpc) is 2.68. The molecule has 2 atom stereocenters. The molecule has 0 aromatic heterocycles. The highest BCUT2D eigenvalue weighted by Gasteiger charge is 2.27. The topological polar surface area (TPSA) is 92.3 Å². The zero-order valence-electron chi connectivity index (χ0n) is 17.4. The van der Waals surface area contributed by atoms with Gasteiger partial charge in [-0.3, -0.25) is 9.59 Å². The lowest BCUT2D eigenvalue weighted by Crippen LogP contribution is -2.28. The summed E-state index contributed by atoms with van der Waals surface area (Å²) in [6.07, 6.45) is 0. The Kier molecular flexibility index (Phi) is 6.57. The van der Waals surface area contributed by atoms with Crippen molar-refractivity contribution in [2.24, 2.45) is 5.92 Å². The molecule has 160 valence electrons. The molecule has 2 amide bonds. The normalized spacial score (nSPS) is 17.2. The summed E-state index contributed by atoms with van der Waals surface area (Å²) in [4.78, 5) is 25.3. The summed E-state index contributed by atoms with van der Waals surface area (Å²) in [6.45, 7) is 7.56. The zero-order valence-corrected chi connectivity index (χ0v) is 19.1. The Morgan fingerprint density at radius 3 is 2.43 bits per heavy atom. The van der Waals surface area contributed by atoms with Gasteiger partial charge in [0.2, 0.25) is 11.8 Å². The van der Waals surface area contributed by atoms with Crippen LogP contribution in [0.1, 0.15) is 39.2 Å². The molecule has 2 N–H and O–H groups in total. The highest BCUT2D eigenvalue weighted by molar-refractivity contribution is 8.01. The molecule has 8 heteroatoms. The number of anilines is 2. The molecule has 3 rings (SSSR count).